The first-order valence-electron chi connectivity index (χ1n) is 5.96. The number of hydrogen-bond acceptors (Lipinski definition) is 4. The van der Waals surface area contributed by atoms with Crippen molar-refractivity contribution in [2.45, 2.75) is 32.2 Å². The fourth-order valence-electron chi connectivity index (χ4n) is 1.81. The number of carboxylic acids is 1. The van der Waals surface area contributed by atoms with Crippen LogP contribution in [0.3, 0.4) is 0 Å². The number of nitrogens with zero attached hydrogens (tertiary/aromatic N) is 1. The van der Waals surface area contributed by atoms with Gasteiger partial charge in [-0.1, -0.05) is 12.1 Å². The molecule has 1 aromatic rings. The molecule has 7 heteroatoms. The van der Waals surface area contributed by atoms with Crippen LogP contribution in [0.15, 0.2) is 24.3 Å². The van der Waals surface area contributed by atoms with Crippen molar-refractivity contribution in [1.82, 2.24) is 5.32 Å². The Labute approximate surface area is 115 Å². The van der Waals surface area contributed by atoms with E-state index in [1.54, 1.807) is 19.9 Å². The maximum Gasteiger partial charge on any atom is 0.305 e. The van der Waals surface area contributed by atoms with Crippen molar-refractivity contribution in [3.8, 4) is 0 Å². The lowest BCUT2D eigenvalue weighted by Gasteiger charge is -2.24. The summed E-state index contributed by atoms with van der Waals surface area (Å²) in [6.45, 7) is 3.21. The molecule has 1 aromatic carbocycles. The van der Waals surface area contributed by atoms with Crippen LogP contribution in [0.25, 0.3) is 0 Å². The van der Waals surface area contributed by atoms with Crippen molar-refractivity contribution in [2.24, 2.45) is 0 Å². The highest BCUT2D eigenvalue weighted by molar-refractivity contribution is 5.80. The lowest BCUT2D eigenvalue weighted by atomic mass is 10.00. The predicted octanol–water partition coefficient (Wildman–Crippen LogP) is 1.51. The maximum absolute atomic E-state index is 11.8. The van der Waals surface area contributed by atoms with Crippen molar-refractivity contribution in [3.05, 3.63) is 39.9 Å². The lowest BCUT2D eigenvalue weighted by Crippen LogP contribution is -2.45. The van der Waals surface area contributed by atoms with Crippen molar-refractivity contribution in [1.29, 1.82) is 0 Å². The molecule has 20 heavy (non-hydrogen) atoms. The molecule has 0 atom stereocenters. The Balaban J connectivity index is 2.69. The van der Waals surface area contributed by atoms with E-state index in [4.69, 9.17) is 5.11 Å². The quantitative estimate of drug-likeness (QED) is 0.606. The maximum atomic E-state index is 11.8. The molecule has 0 aromatic heterocycles. The molecule has 0 aliphatic carbocycles. The monoisotopic (exact) mass is 280 g/mol. The summed E-state index contributed by atoms with van der Waals surface area (Å²) < 4.78 is 0. The third-order valence-electron chi connectivity index (χ3n) is 2.56. The van der Waals surface area contributed by atoms with Crippen LogP contribution in [-0.2, 0) is 16.0 Å². The zero-order chi connectivity index (χ0) is 15.3. The third kappa shape index (κ3) is 5.05. The number of carbonyl (C=O) groups excluding carboxylic acids is 1. The second-order valence-electron chi connectivity index (χ2n) is 5.11. The van der Waals surface area contributed by atoms with E-state index >= 15 is 0 Å². The standard InChI is InChI=1S/C13H16N2O5/c1-13(2,8-12(17)18)14-11(16)7-9-4-3-5-10(6-9)15(19)20/h3-6H,7-8H2,1-2H3,(H,14,16)(H,17,18). The summed E-state index contributed by atoms with van der Waals surface area (Å²) >= 11 is 0. The van der Waals surface area contributed by atoms with Crippen molar-refractivity contribution >= 4 is 17.6 Å². The number of non-ortho nitro benzene ring substituents is 1. The number of nitro groups is 1. The van der Waals surface area contributed by atoms with E-state index in [9.17, 15) is 19.7 Å². The Morgan fingerprint density at radius 1 is 1.40 bits per heavy atom. The molecule has 1 rings (SSSR count). The van der Waals surface area contributed by atoms with E-state index < -0.39 is 16.4 Å². The molecule has 0 aliphatic rings. The minimum atomic E-state index is -1.01. The van der Waals surface area contributed by atoms with Gasteiger partial charge in [0.15, 0.2) is 0 Å². The van der Waals surface area contributed by atoms with Crippen molar-refractivity contribution in [3.63, 3.8) is 0 Å². The van der Waals surface area contributed by atoms with Gasteiger partial charge in [-0.2, -0.15) is 0 Å². The van der Waals surface area contributed by atoms with Crippen LogP contribution in [0.5, 0.6) is 0 Å². The Hall–Kier alpha value is -2.44. The Morgan fingerprint density at radius 2 is 2.05 bits per heavy atom. The number of benzene rings is 1. The van der Waals surface area contributed by atoms with E-state index in [-0.39, 0.29) is 24.4 Å². The number of carboxylic acid groups (broad SMARTS) is 1. The third-order valence-corrected chi connectivity index (χ3v) is 2.56. The molecule has 0 fully saturated rings. The number of rotatable bonds is 6. The summed E-state index contributed by atoms with van der Waals surface area (Å²) in [4.78, 5) is 32.6. The van der Waals surface area contributed by atoms with Gasteiger partial charge in [-0.25, -0.2) is 0 Å². The summed E-state index contributed by atoms with van der Waals surface area (Å²) in [5, 5.41) is 21.9. The fourth-order valence-corrected chi connectivity index (χ4v) is 1.81. The average Bonchev–Trinajstić information content (AvgIpc) is 2.25. The van der Waals surface area contributed by atoms with E-state index in [1.165, 1.54) is 18.2 Å². The van der Waals surface area contributed by atoms with Gasteiger partial charge in [0.05, 0.1) is 17.8 Å². The van der Waals surface area contributed by atoms with Crippen LogP contribution in [-0.4, -0.2) is 27.4 Å². The Morgan fingerprint density at radius 3 is 2.60 bits per heavy atom. The largest absolute Gasteiger partial charge is 0.481 e. The number of hydrogen-bond donors (Lipinski definition) is 2. The van der Waals surface area contributed by atoms with Gasteiger partial charge in [-0.3, -0.25) is 19.7 Å². The number of nitro benzene ring substituents is 1. The average molecular weight is 280 g/mol. The van der Waals surface area contributed by atoms with Gasteiger partial charge in [0.25, 0.3) is 5.69 Å². The molecule has 0 saturated heterocycles. The fraction of sp³-hybridized carbons (Fsp3) is 0.385. The van der Waals surface area contributed by atoms with Crippen LogP contribution >= 0.6 is 0 Å². The zero-order valence-electron chi connectivity index (χ0n) is 11.3. The molecular formula is C13H16N2O5. The van der Waals surface area contributed by atoms with Gasteiger partial charge < -0.3 is 10.4 Å². The molecular weight excluding hydrogens is 264 g/mol. The molecule has 2 N–H and O–H groups in total. The zero-order valence-corrected chi connectivity index (χ0v) is 11.3. The van der Waals surface area contributed by atoms with Crippen LogP contribution in [0.2, 0.25) is 0 Å². The highest BCUT2D eigenvalue weighted by Gasteiger charge is 2.23. The molecule has 0 spiro atoms. The summed E-state index contributed by atoms with van der Waals surface area (Å²) in [5.74, 6) is -1.39. The van der Waals surface area contributed by atoms with Crippen LogP contribution < -0.4 is 5.32 Å². The number of carbonyl (C=O) groups is 2. The summed E-state index contributed by atoms with van der Waals surface area (Å²) in [7, 11) is 0. The smallest absolute Gasteiger partial charge is 0.305 e. The second-order valence-corrected chi connectivity index (χ2v) is 5.11. The topological polar surface area (TPSA) is 110 Å². The second kappa shape index (κ2) is 6.14. The highest BCUT2D eigenvalue weighted by Crippen LogP contribution is 2.14. The molecule has 0 unspecified atom stereocenters. The summed E-state index contributed by atoms with van der Waals surface area (Å²) in [5.41, 5.74) is -0.452. The summed E-state index contributed by atoms with van der Waals surface area (Å²) in [6.07, 6.45) is -0.238. The minimum absolute atomic E-state index is 0.0370. The Kier molecular flexibility index (Phi) is 4.79. The van der Waals surface area contributed by atoms with Gasteiger partial charge in [0, 0.05) is 17.7 Å². The highest BCUT2D eigenvalue weighted by atomic mass is 16.6. The van der Waals surface area contributed by atoms with E-state index in [1.807, 2.05) is 0 Å². The summed E-state index contributed by atoms with van der Waals surface area (Å²) in [6, 6.07) is 5.78. The predicted molar refractivity (Wildman–Crippen MR) is 71.3 cm³/mol. The van der Waals surface area contributed by atoms with Crippen LogP contribution in [0, 0.1) is 10.1 Å². The van der Waals surface area contributed by atoms with Gasteiger partial charge in [-0.15, -0.1) is 0 Å². The van der Waals surface area contributed by atoms with Gasteiger partial charge in [0.1, 0.15) is 0 Å². The molecule has 0 radical (unpaired) electrons. The van der Waals surface area contributed by atoms with Gasteiger partial charge in [-0.05, 0) is 19.4 Å². The van der Waals surface area contributed by atoms with Crippen molar-refractivity contribution in [2.75, 3.05) is 0 Å². The van der Waals surface area contributed by atoms with E-state index in [0.717, 1.165) is 0 Å². The molecule has 0 heterocycles. The molecule has 0 bridgehead atoms. The van der Waals surface area contributed by atoms with E-state index in [0.29, 0.717) is 5.56 Å². The van der Waals surface area contributed by atoms with Gasteiger partial charge in [0.2, 0.25) is 5.91 Å². The molecule has 0 aliphatic heterocycles. The molecule has 7 nitrogen and oxygen atoms in total. The molecule has 0 saturated carbocycles. The number of aliphatic carboxylic acids is 1. The van der Waals surface area contributed by atoms with E-state index in [2.05, 4.69) is 5.32 Å². The number of amides is 1. The van der Waals surface area contributed by atoms with Gasteiger partial charge >= 0.3 is 5.97 Å². The molecule has 108 valence electrons. The lowest BCUT2D eigenvalue weighted by molar-refractivity contribution is -0.384. The minimum Gasteiger partial charge on any atom is -0.481 e. The first-order chi connectivity index (χ1) is 9.19. The van der Waals surface area contributed by atoms with Crippen LogP contribution in [0.1, 0.15) is 25.8 Å². The SMILES string of the molecule is CC(C)(CC(=O)O)NC(=O)Cc1cccc([N+](=O)[O-])c1. The Bertz CT molecular complexity index is 539. The molecule has 1 amide bonds. The van der Waals surface area contributed by atoms with Crippen LogP contribution in [0.4, 0.5) is 5.69 Å². The first kappa shape index (κ1) is 15.6. The van der Waals surface area contributed by atoms with Crippen molar-refractivity contribution < 1.29 is 19.6 Å². The first-order valence-corrected chi connectivity index (χ1v) is 5.96. The normalized spacial score (nSPS) is 10.9. The number of nitrogens with one attached hydrogen (secondary N) is 1.